The zero-order valence-electron chi connectivity index (χ0n) is 8.89. The van der Waals surface area contributed by atoms with Gasteiger partial charge in [-0.25, -0.2) is 0 Å². The Labute approximate surface area is 76.8 Å². The van der Waals surface area contributed by atoms with E-state index in [4.69, 9.17) is 4.74 Å². The molecule has 0 unspecified atom stereocenters. The Bertz CT molecular complexity index is 129. The molecule has 0 aromatic carbocycles. The maximum absolute atomic E-state index is 5.61. The summed E-state index contributed by atoms with van der Waals surface area (Å²) in [5.41, 5.74) is 0.0243. The largest absolute Gasteiger partial charge is 0.378 e. The van der Waals surface area contributed by atoms with E-state index in [1.54, 1.807) is 7.11 Å². The molecule has 1 atom stereocenters. The molecule has 12 heavy (non-hydrogen) atoms. The van der Waals surface area contributed by atoms with Crippen LogP contribution in [-0.2, 0) is 4.74 Å². The Morgan fingerprint density at radius 3 is 2.33 bits per heavy atom. The van der Waals surface area contributed by atoms with Gasteiger partial charge in [0.15, 0.2) is 0 Å². The maximum atomic E-state index is 5.61. The van der Waals surface area contributed by atoms with E-state index in [2.05, 4.69) is 27.4 Å². The molecule has 0 heterocycles. The van der Waals surface area contributed by atoms with Gasteiger partial charge < -0.3 is 4.74 Å². The van der Waals surface area contributed by atoms with Crippen LogP contribution in [-0.4, -0.2) is 12.7 Å². The van der Waals surface area contributed by atoms with E-state index in [9.17, 15) is 0 Å². The molecule has 0 rings (SSSR count). The molecule has 0 saturated heterocycles. The molecule has 0 fully saturated rings. The summed E-state index contributed by atoms with van der Waals surface area (Å²) in [7, 11) is 1.80. The molecular weight excluding hydrogens is 148 g/mol. The van der Waals surface area contributed by atoms with Gasteiger partial charge in [-0.05, 0) is 18.8 Å². The summed E-state index contributed by atoms with van der Waals surface area (Å²) in [5.74, 6) is 0.556. The fourth-order valence-corrected chi connectivity index (χ4v) is 1.72. The standard InChI is InChI=1S/C11H22O/c1-6-8-11(12-5,9-7-2)10(3)4/h6,10H,1,7-9H2,2-5H3/t11-/m1/s1. The van der Waals surface area contributed by atoms with Crippen LogP contribution in [0.25, 0.3) is 0 Å². The third kappa shape index (κ3) is 2.63. The monoisotopic (exact) mass is 170 g/mol. The van der Waals surface area contributed by atoms with Gasteiger partial charge >= 0.3 is 0 Å². The van der Waals surface area contributed by atoms with Crippen molar-refractivity contribution in [3.05, 3.63) is 12.7 Å². The Kier molecular flexibility index (Phi) is 5.23. The minimum atomic E-state index is 0.0243. The van der Waals surface area contributed by atoms with Crippen molar-refractivity contribution in [2.45, 2.75) is 45.6 Å². The van der Waals surface area contributed by atoms with Gasteiger partial charge in [-0.2, -0.15) is 0 Å². The van der Waals surface area contributed by atoms with Gasteiger partial charge in [-0.15, -0.1) is 6.58 Å². The van der Waals surface area contributed by atoms with Crippen LogP contribution in [0.5, 0.6) is 0 Å². The highest BCUT2D eigenvalue weighted by Crippen LogP contribution is 2.30. The lowest BCUT2D eigenvalue weighted by atomic mass is 9.83. The highest BCUT2D eigenvalue weighted by molar-refractivity contribution is 4.90. The Morgan fingerprint density at radius 1 is 1.50 bits per heavy atom. The number of rotatable bonds is 6. The molecule has 0 aliphatic rings. The summed E-state index contributed by atoms with van der Waals surface area (Å²) in [6, 6.07) is 0. The molecule has 0 aliphatic carbocycles. The van der Waals surface area contributed by atoms with Crippen molar-refractivity contribution in [3.63, 3.8) is 0 Å². The molecule has 0 aliphatic heterocycles. The first-order valence-electron chi connectivity index (χ1n) is 4.79. The quantitative estimate of drug-likeness (QED) is 0.555. The number of ether oxygens (including phenoxy) is 1. The third-order valence-electron chi connectivity index (χ3n) is 2.62. The second-order valence-electron chi connectivity index (χ2n) is 3.67. The van der Waals surface area contributed by atoms with E-state index in [0.717, 1.165) is 12.8 Å². The first kappa shape index (κ1) is 11.7. The molecule has 0 N–H and O–H groups in total. The van der Waals surface area contributed by atoms with Crippen LogP contribution in [0.1, 0.15) is 40.0 Å². The average molecular weight is 170 g/mol. The highest BCUT2D eigenvalue weighted by atomic mass is 16.5. The first-order valence-corrected chi connectivity index (χ1v) is 4.79. The fraction of sp³-hybridized carbons (Fsp3) is 0.818. The molecule has 0 aromatic heterocycles. The number of methoxy groups -OCH3 is 1. The SMILES string of the molecule is C=CC[C@](CCC)(OC)C(C)C. The van der Waals surface area contributed by atoms with Crippen molar-refractivity contribution in [1.82, 2.24) is 0 Å². The van der Waals surface area contributed by atoms with Crippen molar-refractivity contribution in [3.8, 4) is 0 Å². The second kappa shape index (κ2) is 5.36. The molecule has 1 heteroatoms. The molecule has 0 amide bonds. The summed E-state index contributed by atoms with van der Waals surface area (Å²) >= 11 is 0. The zero-order chi connectivity index (χ0) is 9.61. The van der Waals surface area contributed by atoms with Crippen LogP contribution in [0, 0.1) is 5.92 Å². The summed E-state index contributed by atoms with van der Waals surface area (Å²) in [6.07, 6.45) is 5.20. The van der Waals surface area contributed by atoms with Gasteiger partial charge in [-0.3, -0.25) is 0 Å². The van der Waals surface area contributed by atoms with E-state index in [1.165, 1.54) is 6.42 Å². The molecule has 0 bridgehead atoms. The lowest BCUT2D eigenvalue weighted by Crippen LogP contribution is -2.36. The van der Waals surface area contributed by atoms with Gasteiger partial charge in [0.05, 0.1) is 5.60 Å². The topological polar surface area (TPSA) is 9.23 Å². The van der Waals surface area contributed by atoms with Crippen molar-refractivity contribution in [1.29, 1.82) is 0 Å². The normalized spacial score (nSPS) is 16.1. The van der Waals surface area contributed by atoms with Crippen molar-refractivity contribution in [2.24, 2.45) is 5.92 Å². The van der Waals surface area contributed by atoms with Crippen molar-refractivity contribution in [2.75, 3.05) is 7.11 Å². The molecular formula is C11H22O. The minimum Gasteiger partial charge on any atom is -0.378 e. The molecule has 0 spiro atoms. The van der Waals surface area contributed by atoms with Gasteiger partial charge in [0.25, 0.3) is 0 Å². The van der Waals surface area contributed by atoms with Crippen LogP contribution in [0.15, 0.2) is 12.7 Å². The molecule has 0 saturated carbocycles. The van der Waals surface area contributed by atoms with Gasteiger partial charge in [0, 0.05) is 7.11 Å². The highest BCUT2D eigenvalue weighted by Gasteiger charge is 2.30. The van der Waals surface area contributed by atoms with Crippen molar-refractivity contribution < 1.29 is 4.74 Å². The minimum absolute atomic E-state index is 0.0243. The molecule has 0 aromatic rings. The summed E-state index contributed by atoms with van der Waals surface area (Å²) < 4.78 is 5.61. The molecule has 1 nitrogen and oxygen atoms in total. The molecule has 72 valence electrons. The Balaban J connectivity index is 4.38. The number of hydrogen-bond donors (Lipinski definition) is 0. The van der Waals surface area contributed by atoms with E-state index in [-0.39, 0.29) is 5.60 Å². The Morgan fingerprint density at radius 2 is 2.08 bits per heavy atom. The average Bonchev–Trinajstić information content (AvgIpc) is 2.03. The first-order chi connectivity index (χ1) is 5.63. The second-order valence-corrected chi connectivity index (χ2v) is 3.67. The maximum Gasteiger partial charge on any atom is 0.0735 e. The van der Waals surface area contributed by atoms with E-state index in [0.29, 0.717) is 5.92 Å². The predicted molar refractivity (Wildman–Crippen MR) is 54.3 cm³/mol. The van der Waals surface area contributed by atoms with Crippen LogP contribution < -0.4 is 0 Å². The van der Waals surface area contributed by atoms with E-state index < -0.39 is 0 Å². The fourth-order valence-electron chi connectivity index (χ4n) is 1.72. The lowest BCUT2D eigenvalue weighted by molar-refractivity contribution is -0.0523. The summed E-state index contributed by atoms with van der Waals surface area (Å²) in [4.78, 5) is 0. The van der Waals surface area contributed by atoms with Crippen LogP contribution in [0.2, 0.25) is 0 Å². The lowest BCUT2D eigenvalue weighted by Gasteiger charge is -2.35. The summed E-state index contributed by atoms with van der Waals surface area (Å²) in [5, 5.41) is 0. The van der Waals surface area contributed by atoms with Gasteiger partial charge in [0.1, 0.15) is 0 Å². The van der Waals surface area contributed by atoms with Crippen LogP contribution >= 0.6 is 0 Å². The predicted octanol–water partition coefficient (Wildman–Crippen LogP) is 3.40. The molecule has 0 radical (unpaired) electrons. The van der Waals surface area contributed by atoms with Crippen molar-refractivity contribution >= 4 is 0 Å². The van der Waals surface area contributed by atoms with E-state index in [1.807, 2.05) is 6.08 Å². The number of hydrogen-bond acceptors (Lipinski definition) is 1. The summed E-state index contributed by atoms with van der Waals surface area (Å²) in [6.45, 7) is 10.4. The van der Waals surface area contributed by atoms with E-state index >= 15 is 0 Å². The smallest absolute Gasteiger partial charge is 0.0735 e. The Hall–Kier alpha value is -0.300. The third-order valence-corrected chi connectivity index (χ3v) is 2.62. The van der Waals surface area contributed by atoms with Crippen LogP contribution in [0.3, 0.4) is 0 Å². The zero-order valence-corrected chi connectivity index (χ0v) is 8.89. The van der Waals surface area contributed by atoms with Gasteiger partial charge in [0.2, 0.25) is 0 Å². The van der Waals surface area contributed by atoms with Crippen LogP contribution in [0.4, 0.5) is 0 Å². The van der Waals surface area contributed by atoms with Gasteiger partial charge in [-0.1, -0.05) is 33.3 Å².